The fraction of sp³-hybridized carbons (Fsp3) is 0.250. The SMILES string of the molecule is FC(F)(F)c1cccc(Cl)c1COSI. The summed E-state index contributed by atoms with van der Waals surface area (Å²) in [6, 6.07) is 3.67. The zero-order chi connectivity index (χ0) is 11.5. The molecule has 0 bridgehead atoms. The van der Waals surface area contributed by atoms with Crippen LogP contribution in [0.3, 0.4) is 0 Å². The van der Waals surface area contributed by atoms with Gasteiger partial charge >= 0.3 is 6.18 Å². The minimum atomic E-state index is -4.40. The minimum Gasteiger partial charge on any atom is -0.301 e. The number of hydrogen-bond donors (Lipinski definition) is 0. The molecule has 7 heteroatoms. The van der Waals surface area contributed by atoms with Gasteiger partial charge in [-0.1, -0.05) is 17.7 Å². The smallest absolute Gasteiger partial charge is 0.301 e. The van der Waals surface area contributed by atoms with E-state index in [-0.39, 0.29) is 17.2 Å². The van der Waals surface area contributed by atoms with E-state index >= 15 is 0 Å². The maximum atomic E-state index is 12.5. The number of hydrogen-bond acceptors (Lipinski definition) is 2. The van der Waals surface area contributed by atoms with Crippen LogP contribution in [0.4, 0.5) is 13.2 Å². The Morgan fingerprint density at radius 1 is 1.40 bits per heavy atom. The molecular formula is C8H5ClF3IOS. The summed E-state index contributed by atoms with van der Waals surface area (Å²) in [6.45, 7) is -0.165. The van der Waals surface area contributed by atoms with Crippen molar-refractivity contribution in [2.75, 3.05) is 0 Å². The lowest BCUT2D eigenvalue weighted by molar-refractivity contribution is -0.138. The van der Waals surface area contributed by atoms with Gasteiger partial charge in [-0.3, -0.25) is 0 Å². The van der Waals surface area contributed by atoms with Crippen LogP contribution in [0.5, 0.6) is 0 Å². The largest absolute Gasteiger partial charge is 0.416 e. The molecular weight excluding hydrogens is 364 g/mol. The Morgan fingerprint density at radius 2 is 2.07 bits per heavy atom. The van der Waals surface area contributed by atoms with E-state index in [1.54, 1.807) is 0 Å². The summed E-state index contributed by atoms with van der Waals surface area (Å²) < 4.78 is 42.5. The van der Waals surface area contributed by atoms with Crippen LogP contribution in [-0.4, -0.2) is 0 Å². The number of rotatable bonds is 3. The van der Waals surface area contributed by atoms with Gasteiger partial charge in [0.15, 0.2) is 0 Å². The first-order valence-corrected chi connectivity index (χ1v) is 7.38. The fourth-order valence-corrected chi connectivity index (χ4v) is 1.83. The fourth-order valence-electron chi connectivity index (χ4n) is 1.05. The van der Waals surface area contributed by atoms with Crippen molar-refractivity contribution in [2.45, 2.75) is 12.8 Å². The van der Waals surface area contributed by atoms with Crippen LogP contribution in [0.2, 0.25) is 5.02 Å². The molecule has 0 spiro atoms. The molecule has 1 nitrogen and oxygen atoms in total. The molecule has 0 fully saturated rings. The first kappa shape index (κ1) is 13.4. The quantitative estimate of drug-likeness (QED) is 0.556. The van der Waals surface area contributed by atoms with Crippen LogP contribution in [0, 0.1) is 0 Å². The molecule has 1 aromatic carbocycles. The molecule has 0 aliphatic rings. The molecule has 0 saturated carbocycles. The average molecular weight is 369 g/mol. The van der Waals surface area contributed by atoms with Gasteiger partial charge in [0.1, 0.15) is 0 Å². The molecule has 0 aliphatic heterocycles. The second-order valence-electron chi connectivity index (χ2n) is 2.59. The lowest BCUT2D eigenvalue weighted by Crippen LogP contribution is -2.09. The highest BCUT2D eigenvalue weighted by Crippen LogP contribution is 2.36. The van der Waals surface area contributed by atoms with Crippen LogP contribution in [0.25, 0.3) is 0 Å². The second kappa shape index (κ2) is 5.60. The van der Waals surface area contributed by atoms with E-state index in [9.17, 15) is 13.2 Å². The Hall–Kier alpha value is 0.340. The summed E-state index contributed by atoms with van der Waals surface area (Å²) in [7, 11) is 0.969. The summed E-state index contributed by atoms with van der Waals surface area (Å²) >= 11 is 7.51. The van der Waals surface area contributed by atoms with Gasteiger partial charge in [-0.15, -0.1) is 0 Å². The van der Waals surface area contributed by atoms with Crippen molar-refractivity contribution < 1.29 is 17.4 Å². The molecule has 84 valence electrons. The van der Waals surface area contributed by atoms with Gasteiger partial charge in [0.25, 0.3) is 0 Å². The molecule has 0 heterocycles. The highest BCUT2D eigenvalue weighted by molar-refractivity contribution is 14.2. The minimum absolute atomic E-state index is 0.0316. The molecule has 1 rings (SSSR count). The summed E-state index contributed by atoms with van der Waals surface area (Å²) in [6.07, 6.45) is -4.40. The standard InChI is InChI=1S/C8H5ClF3IOS/c9-7-3-1-2-6(8(10,11)12)5(7)4-14-15-13/h1-3H,4H2. The van der Waals surface area contributed by atoms with Gasteiger partial charge < -0.3 is 4.18 Å². The van der Waals surface area contributed by atoms with Crippen molar-refractivity contribution in [3.8, 4) is 0 Å². The summed E-state index contributed by atoms with van der Waals surface area (Å²) in [5.41, 5.74) is -0.781. The predicted octanol–water partition coefficient (Wildman–Crippen LogP) is 4.87. The Labute approximate surface area is 106 Å². The lowest BCUT2D eigenvalue weighted by atomic mass is 10.1. The molecule has 0 saturated heterocycles. The first-order chi connectivity index (χ1) is 6.96. The van der Waals surface area contributed by atoms with Crippen molar-refractivity contribution in [1.82, 2.24) is 0 Å². The molecule has 0 aromatic heterocycles. The van der Waals surface area contributed by atoms with Crippen LogP contribution in [-0.2, 0) is 17.0 Å². The van der Waals surface area contributed by atoms with E-state index in [0.717, 1.165) is 15.3 Å². The Morgan fingerprint density at radius 3 is 2.60 bits per heavy atom. The average Bonchev–Trinajstić information content (AvgIpc) is 2.14. The van der Waals surface area contributed by atoms with Crippen LogP contribution in [0.15, 0.2) is 18.2 Å². The van der Waals surface area contributed by atoms with Gasteiger partial charge in [-0.2, -0.15) is 13.2 Å². The zero-order valence-corrected chi connectivity index (χ0v) is 10.9. The van der Waals surface area contributed by atoms with E-state index in [4.69, 9.17) is 15.8 Å². The van der Waals surface area contributed by atoms with Crippen molar-refractivity contribution >= 4 is 42.0 Å². The normalized spacial score (nSPS) is 11.8. The topological polar surface area (TPSA) is 9.23 Å². The molecule has 15 heavy (non-hydrogen) atoms. The summed E-state index contributed by atoms with van der Waals surface area (Å²) in [5.74, 6) is 0. The molecule has 1 aromatic rings. The van der Waals surface area contributed by atoms with Crippen LogP contribution >= 0.6 is 42.0 Å². The van der Waals surface area contributed by atoms with Crippen LogP contribution < -0.4 is 0 Å². The Balaban J connectivity index is 3.09. The Bertz CT molecular complexity index is 345. The van der Waals surface area contributed by atoms with Gasteiger partial charge in [0, 0.05) is 31.8 Å². The van der Waals surface area contributed by atoms with Gasteiger partial charge in [0.2, 0.25) is 0 Å². The number of benzene rings is 1. The molecule has 0 amide bonds. The van der Waals surface area contributed by atoms with Crippen molar-refractivity contribution in [3.63, 3.8) is 0 Å². The second-order valence-corrected chi connectivity index (χ2v) is 4.44. The van der Waals surface area contributed by atoms with Crippen molar-refractivity contribution in [1.29, 1.82) is 0 Å². The Kier molecular flexibility index (Phi) is 5.01. The van der Waals surface area contributed by atoms with Gasteiger partial charge in [-0.05, 0) is 12.1 Å². The highest BCUT2D eigenvalue weighted by atomic mass is 127. The van der Waals surface area contributed by atoms with Crippen molar-refractivity contribution in [2.24, 2.45) is 0 Å². The van der Waals surface area contributed by atoms with Gasteiger partial charge in [0.05, 0.1) is 21.4 Å². The van der Waals surface area contributed by atoms with E-state index in [1.165, 1.54) is 12.1 Å². The molecule has 0 unspecified atom stereocenters. The third kappa shape index (κ3) is 3.69. The third-order valence-corrected chi connectivity index (χ3v) is 3.00. The zero-order valence-electron chi connectivity index (χ0n) is 7.15. The number of alkyl halides is 3. The van der Waals surface area contributed by atoms with Gasteiger partial charge in [-0.25, -0.2) is 0 Å². The maximum Gasteiger partial charge on any atom is 0.416 e. The van der Waals surface area contributed by atoms with E-state index in [2.05, 4.69) is 0 Å². The van der Waals surface area contributed by atoms with Crippen molar-refractivity contribution in [3.05, 3.63) is 34.3 Å². The molecule has 0 N–H and O–H groups in total. The maximum absolute atomic E-state index is 12.5. The number of halogens is 5. The van der Waals surface area contributed by atoms with E-state index in [0.29, 0.717) is 0 Å². The van der Waals surface area contributed by atoms with Crippen LogP contribution in [0.1, 0.15) is 11.1 Å². The molecule has 0 aliphatic carbocycles. The molecule has 0 radical (unpaired) electrons. The summed E-state index contributed by atoms with van der Waals surface area (Å²) in [5, 5.41) is 0.0651. The highest BCUT2D eigenvalue weighted by Gasteiger charge is 2.33. The molecule has 0 atom stereocenters. The monoisotopic (exact) mass is 368 g/mol. The predicted molar refractivity (Wildman–Crippen MR) is 62.9 cm³/mol. The first-order valence-electron chi connectivity index (χ1n) is 3.71. The summed E-state index contributed by atoms with van der Waals surface area (Å²) in [4.78, 5) is 0. The van der Waals surface area contributed by atoms with E-state index in [1.807, 2.05) is 21.2 Å². The lowest BCUT2D eigenvalue weighted by Gasteiger charge is -2.13. The third-order valence-electron chi connectivity index (χ3n) is 1.67. The van der Waals surface area contributed by atoms with E-state index < -0.39 is 11.7 Å².